The van der Waals surface area contributed by atoms with Gasteiger partial charge in [0.2, 0.25) is 0 Å². The molecule has 1 aliphatic heterocycles. The average Bonchev–Trinajstić information content (AvgIpc) is 2.79. The molecule has 2 heterocycles. The number of rotatable bonds is 2. The molecule has 1 aliphatic rings. The van der Waals surface area contributed by atoms with Gasteiger partial charge < -0.3 is 15.4 Å². The molecule has 2 rings (SSSR count). The second-order valence-electron chi connectivity index (χ2n) is 4.78. The standard InChI is InChI=1S/C10H17N5O2/c1-10(2)6-15(5-7(3-11)17-10)9(16)8-4-12-14-13-8/h4,7H,3,5-6,11H2,1-2H3,(H,12,13,14). The zero-order valence-corrected chi connectivity index (χ0v) is 10.0. The molecule has 1 unspecified atom stereocenters. The van der Waals surface area contributed by atoms with Gasteiger partial charge in [0.1, 0.15) is 0 Å². The van der Waals surface area contributed by atoms with Crippen LogP contribution in [0.15, 0.2) is 6.20 Å². The van der Waals surface area contributed by atoms with Crippen LogP contribution in [-0.4, -0.2) is 57.6 Å². The summed E-state index contributed by atoms with van der Waals surface area (Å²) in [6.07, 6.45) is 1.29. The lowest BCUT2D eigenvalue weighted by Crippen LogP contribution is -2.56. The maximum Gasteiger partial charge on any atom is 0.276 e. The number of hydrogen-bond acceptors (Lipinski definition) is 5. The zero-order chi connectivity index (χ0) is 12.5. The van der Waals surface area contributed by atoms with E-state index in [1.807, 2.05) is 13.8 Å². The van der Waals surface area contributed by atoms with Gasteiger partial charge in [-0.25, -0.2) is 0 Å². The van der Waals surface area contributed by atoms with Gasteiger partial charge in [-0.2, -0.15) is 15.4 Å². The molecule has 1 saturated heterocycles. The summed E-state index contributed by atoms with van der Waals surface area (Å²) in [6.45, 7) is 5.29. The molecule has 7 nitrogen and oxygen atoms in total. The molecule has 0 aliphatic carbocycles. The van der Waals surface area contributed by atoms with E-state index >= 15 is 0 Å². The van der Waals surface area contributed by atoms with E-state index in [0.29, 0.717) is 25.3 Å². The Morgan fingerprint density at radius 3 is 3.12 bits per heavy atom. The number of hydrogen-bond donors (Lipinski definition) is 2. The summed E-state index contributed by atoms with van der Waals surface area (Å²) in [5.41, 5.74) is 5.54. The minimum atomic E-state index is -0.387. The molecular weight excluding hydrogens is 222 g/mol. The minimum Gasteiger partial charge on any atom is -0.367 e. The topological polar surface area (TPSA) is 97.1 Å². The number of ether oxygens (including phenoxy) is 1. The number of nitrogens with one attached hydrogen (secondary N) is 1. The molecule has 1 aromatic heterocycles. The largest absolute Gasteiger partial charge is 0.367 e. The Hall–Kier alpha value is -1.47. The highest BCUT2D eigenvalue weighted by atomic mass is 16.5. The average molecular weight is 239 g/mol. The third-order valence-electron chi connectivity index (χ3n) is 2.67. The second kappa shape index (κ2) is 4.42. The van der Waals surface area contributed by atoms with Gasteiger partial charge in [0.05, 0.1) is 17.9 Å². The molecule has 7 heteroatoms. The van der Waals surface area contributed by atoms with Crippen molar-refractivity contribution in [2.45, 2.75) is 25.6 Å². The quantitative estimate of drug-likeness (QED) is 0.717. The Morgan fingerprint density at radius 1 is 1.76 bits per heavy atom. The highest BCUT2D eigenvalue weighted by Crippen LogP contribution is 2.21. The van der Waals surface area contributed by atoms with E-state index in [2.05, 4.69) is 15.4 Å². The maximum atomic E-state index is 12.1. The molecule has 1 aromatic rings. The molecule has 0 bridgehead atoms. The number of aromatic amines is 1. The van der Waals surface area contributed by atoms with E-state index in [1.165, 1.54) is 6.20 Å². The number of nitrogens with two attached hydrogens (primary N) is 1. The SMILES string of the molecule is CC1(C)CN(C(=O)c2cn[nH]n2)CC(CN)O1. The summed E-state index contributed by atoms with van der Waals surface area (Å²) in [7, 11) is 0. The molecule has 0 aromatic carbocycles. The molecule has 3 N–H and O–H groups in total. The number of carbonyl (C=O) groups excluding carboxylic acids is 1. The Balaban J connectivity index is 2.12. The van der Waals surface area contributed by atoms with Crippen molar-refractivity contribution in [3.8, 4) is 0 Å². The van der Waals surface area contributed by atoms with E-state index in [-0.39, 0.29) is 17.6 Å². The molecule has 1 amide bonds. The van der Waals surface area contributed by atoms with Gasteiger partial charge in [-0.05, 0) is 13.8 Å². The van der Waals surface area contributed by atoms with E-state index in [1.54, 1.807) is 4.90 Å². The Labute approximate surface area is 99.3 Å². The minimum absolute atomic E-state index is 0.130. The molecule has 1 fully saturated rings. The van der Waals surface area contributed by atoms with E-state index < -0.39 is 0 Å². The van der Waals surface area contributed by atoms with Crippen molar-refractivity contribution in [2.24, 2.45) is 5.73 Å². The summed E-state index contributed by atoms with van der Waals surface area (Å²) in [4.78, 5) is 13.8. The van der Waals surface area contributed by atoms with Crippen molar-refractivity contribution < 1.29 is 9.53 Å². The van der Waals surface area contributed by atoms with Crippen molar-refractivity contribution in [2.75, 3.05) is 19.6 Å². The number of carbonyl (C=O) groups is 1. The first-order valence-electron chi connectivity index (χ1n) is 5.55. The lowest BCUT2D eigenvalue weighted by molar-refractivity contribution is -0.122. The molecular formula is C10H17N5O2. The number of morpholine rings is 1. The highest BCUT2D eigenvalue weighted by molar-refractivity contribution is 5.92. The predicted molar refractivity (Wildman–Crippen MR) is 60.3 cm³/mol. The first-order chi connectivity index (χ1) is 8.02. The van der Waals surface area contributed by atoms with Crippen molar-refractivity contribution in [1.29, 1.82) is 0 Å². The normalized spacial score (nSPS) is 23.7. The monoisotopic (exact) mass is 239 g/mol. The second-order valence-corrected chi connectivity index (χ2v) is 4.78. The van der Waals surface area contributed by atoms with Crippen molar-refractivity contribution in [1.82, 2.24) is 20.3 Å². The van der Waals surface area contributed by atoms with Crippen LogP contribution in [0, 0.1) is 0 Å². The molecule has 17 heavy (non-hydrogen) atoms. The highest BCUT2D eigenvalue weighted by Gasteiger charge is 2.35. The summed E-state index contributed by atoms with van der Waals surface area (Å²) < 4.78 is 5.76. The molecule has 1 atom stereocenters. The van der Waals surface area contributed by atoms with Gasteiger partial charge in [0.25, 0.3) is 5.91 Å². The molecule has 0 saturated carbocycles. The molecule has 0 radical (unpaired) electrons. The molecule has 0 spiro atoms. The summed E-state index contributed by atoms with van der Waals surface area (Å²) in [5.74, 6) is -0.145. The fraction of sp³-hybridized carbons (Fsp3) is 0.700. The van der Waals surface area contributed by atoms with Crippen molar-refractivity contribution in [3.63, 3.8) is 0 Å². The van der Waals surface area contributed by atoms with Gasteiger partial charge in [0, 0.05) is 19.6 Å². The first-order valence-corrected chi connectivity index (χ1v) is 5.55. The van der Waals surface area contributed by atoms with Crippen LogP contribution in [0.4, 0.5) is 0 Å². The van der Waals surface area contributed by atoms with E-state index in [4.69, 9.17) is 10.5 Å². The zero-order valence-electron chi connectivity index (χ0n) is 10.0. The molecule has 94 valence electrons. The van der Waals surface area contributed by atoms with Crippen LogP contribution in [0.25, 0.3) is 0 Å². The van der Waals surface area contributed by atoms with Crippen LogP contribution in [0.3, 0.4) is 0 Å². The number of amides is 1. The number of H-pyrrole nitrogens is 1. The summed E-state index contributed by atoms with van der Waals surface area (Å²) >= 11 is 0. The Morgan fingerprint density at radius 2 is 2.53 bits per heavy atom. The lowest BCUT2D eigenvalue weighted by atomic mass is 10.0. The van der Waals surface area contributed by atoms with Gasteiger partial charge in [-0.15, -0.1) is 0 Å². The van der Waals surface area contributed by atoms with Crippen LogP contribution < -0.4 is 5.73 Å². The lowest BCUT2D eigenvalue weighted by Gasteiger charge is -2.42. The van der Waals surface area contributed by atoms with Crippen LogP contribution >= 0.6 is 0 Å². The fourth-order valence-electron chi connectivity index (χ4n) is 2.04. The predicted octanol–water partition coefficient (Wildman–Crippen LogP) is -0.617. The van der Waals surface area contributed by atoms with Gasteiger partial charge in [-0.1, -0.05) is 0 Å². The Bertz CT molecular complexity index is 389. The number of nitrogens with zero attached hydrogens (tertiary/aromatic N) is 3. The van der Waals surface area contributed by atoms with Gasteiger partial charge in [-0.3, -0.25) is 4.79 Å². The van der Waals surface area contributed by atoms with Crippen LogP contribution in [0.1, 0.15) is 24.3 Å². The van der Waals surface area contributed by atoms with Crippen molar-refractivity contribution >= 4 is 5.91 Å². The van der Waals surface area contributed by atoms with Crippen LogP contribution in [0.5, 0.6) is 0 Å². The van der Waals surface area contributed by atoms with Crippen LogP contribution in [-0.2, 0) is 4.74 Å². The van der Waals surface area contributed by atoms with Crippen LogP contribution in [0.2, 0.25) is 0 Å². The van der Waals surface area contributed by atoms with E-state index in [0.717, 1.165) is 0 Å². The third-order valence-corrected chi connectivity index (χ3v) is 2.67. The first kappa shape index (κ1) is 12.0. The fourth-order valence-corrected chi connectivity index (χ4v) is 2.04. The van der Waals surface area contributed by atoms with Crippen molar-refractivity contribution in [3.05, 3.63) is 11.9 Å². The Kier molecular flexibility index (Phi) is 3.12. The van der Waals surface area contributed by atoms with E-state index in [9.17, 15) is 4.79 Å². The number of aromatic nitrogens is 3. The van der Waals surface area contributed by atoms with Gasteiger partial charge in [0.15, 0.2) is 5.69 Å². The third kappa shape index (κ3) is 2.62. The summed E-state index contributed by atoms with van der Waals surface area (Å²) in [6, 6.07) is 0. The van der Waals surface area contributed by atoms with Gasteiger partial charge >= 0.3 is 0 Å². The maximum absolute atomic E-state index is 12.1. The smallest absolute Gasteiger partial charge is 0.276 e. The summed E-state index contributed by atoms with van der Waals surface area (Å²) in [5, 5.41) is 9.86.